The minimum Gasteiger partial charge on any atom is -0.476 e. The number of carboxylic acids is 1. The Kier molecular flexibility index (Phi) is 4.94. The second-order valence-electron chi connectivity index (χ2n) is 4.32. The number of aromatic carboxylic acids is 1. The van der Waals surface area contributed by atoms with E-state index in [0.717, 1.165) is 0 Å². The summed E-state index contributed by atoms with van der Waals surface area (Å²) in [6.07, 6.45) is 2.04. The Morgan fingerprint density at radius 1 is 1.52 bits per heavy atom. The van der Waals surface area contributed by atoms with Gasteiger partial charge in [-0.2, -0.15) is 0 Å². The van der Waals surface area contributed by atoms with Crippen molar-refractivity contribution in [2.45, 2.75) is 19.4 Å². The highest BCUT2D eigenvalue weighted by molar-refractivity contribution is 7.09. The minimum atomic E-state index is -1.05. The van der Waals surface area contributed by atoms with Crippen molar-refractivity contribution in [1.29, 1.82) is 0 Å². The van der Waals surface area contributed by atoms with Gasteiger partial charge in [-0.3, -0.25) is 0 Å². The Balaban J connectivity index is 1.72. The molecule has 0 aliphatic carbocycles. The lowest BCUT2D eigenvalue weighted by Crippen LogP contribution is -2.37. The molecule has 1 unspecified atom stereocenters. The summed E-state index contributed by atoms with van der Waals surface area (Å²) >= 11 is 1.26. The number of rotatable bonds is 6. The zero-order valence-electron chi connectivity index (χ0n) is 11.3. The Labute approximate surface area is 125 Å². The summed E-state index contributed by atoms with van der Waals surface area (Å²) in [5, 5.41) is 16.3. The molecule has 2 aromatic rings. The molecule has 0 aliphatic heterocycles. The number of hydrogen-bond donors (Lipinski definition) is 3. The molecule has 21 heavy (non-hydrogen) atoms. The van der Waals surface area contributed by atoms with E-state index in [1.165, 1.54) is 16.7 Å². The number of amides is 2. The molecular weight excluding hydrogens is 294 g/mol. The second kappa shape index (κ2) is 6.89. The molecule has 2 rings (SSSR count). The Morgan fingerprint density at radius 2 is 2.33 bits per heavy atom. The molecule has 2 aromatic heterocycles. The Hall–Kier alpha value is -2.35. The normalized spacial score (nSPS) is 11.9. The van der Waals surface area contributed by atoms with Crippen molar-refractivity contribution in [3.05, 3.63) is 40.2 Å². The van der Waals surface area contributed by atoms with Crippen LogP contribution in [0.15, 0.2) is 28.2 Å². The summed E-state index contributed by atoms with van der Waals surface area (Å²) in [6.45, 7) is 2.20. The molecular formula is C13H15N3O4S. The first-order valence-corrected chi connectivity index (χ1v) is 7.19. The third-order valence-corrected chi connectivity index (χ3v) is 3.62. The van der Waals surface area contributed by atoms with Crippen LogP contribution in [0.1, 0.15) is 34.2 Å². The van der Waals surface area contributed by atoms with Crippen LogP contribution in [0, 0.1) is 0 Å². The van der Waals surface area contributed by atoms with Crippen molar-refractivity contribution in [2.24, 2.45) is 0 Å². The minimum absolute atomic E-state index is 0.0332. The van der Waals surface area contributed by atoms with Crippen LogP contribution >= 0.6 is 11.3 Å². The van der Waals surface area contributed by atoms with E-state index in [4.69, 9.17) is 9.52 Å². The maximum absolute atomic E-state index is 11.7. The van der Waals surface area contributed by atoms with Gasteiger partial charge in [-0.15, -0.1) is 11.3 Å². The number of hydrogen-bond acceptors (Lipinski definition) is 5. The Bertz CT molecular complexity index is 609. The van der Waals surface area contributed by atoms with Crippen molar-refractivity contribution in [3.63, 3.8) is 0 Å². The van der Waals surface area contributed by atoms with E-state index in [-0.39, 0.29) is 17.8 Å². The van der Waals surface area contributed by atoms with E-state index >= 15 is 0 Å². The summed E-state index contributed by atoms with van der Waals surface area (Å²) < 4.78 is 5.19. The molecule has 0 spiro atoms. The first kappa shape index (κ1) is 15.0. The highest BCUT2D eigenvalue weighted by Crippen LogP contribution is 2.12. The predicted octanol–water partition coefficient (Wildman–Crippen LogP) is 2.04. The number of nitrogens with one attached hydrogen (secondary N) is 2. The molecule has 7 nitrogen and oxygen atoms in total. The van der Waals surface area contributed by atoms with Crippen LogP contribution in [0.3, 0.4) is 0 Å². The van der Waals surface area contributed by atoms with Gasteiger partial charge in [-0.05, 0) is 19.1 Å². The van der Waals surface area contributed by atoms with Gasteiger partial charge in [0.15, 0.2) is 5.69 Å². The van der Waals surface area contributed by atoms with E-state index in [1.807, 2.05) is 6.92 Å². The molecule has 112 valence electrons. The molecule has 0 bridgehead atoms. The highest BCUT2D eigenvalue weighted by atomic mass is 32.1. The Morgan fingerprint density at radius 3 is 2.95 bits per heavy atom. The van der Waals surface area contributed by atoms with Crippen LogP contribution in [0.25, 0.3) is 0 Å². The van der Waals surface area contributed by atoms with Crippen molar-refractivity contribution < 1.29 is 19.1 Å². The number of carbonyl (C=O) groups is 2. The molecule has 0 fully saturated rings. The van der Waals surface area contributed by atoms with E-state index in [2.05, 4.69) is 15.6 Å². The quantitative estimate of drug-likeness (QED) is 0.757. The van der Waals surface area contributed by atoms with Gasteiger partial charge in [0.1, 0.15) is 5.76 Å². The first-order chi connectivity index (χ1) is 10.1. The summed E-state index contributed by atoms with van der Waals surface area (Å²) in [6, 6.07) is 3.01. The number of nitrogens with zero attached hydrogens (tertiary/aromatic N) is 1. The van der Waals surface area contributed by atoms with Crippen LogP contribution in [0.5, 0.6) is 0 Å². The van der Waals surface area contributed by atoms with Gasteiger partial charge >= 0.3 is 12.0 Å². The molecule has 0 saturated heterocycles. The van der Waals surface area contributed by atoms with Crippen LogP contribution in [0.2, 0.25) is 0 Å². The summed E-state index contributed by atoms with van der Waals surface area (Å²) in [5.74, 6) is -0.369. The molecule has 0 aromatic carbocycles. The zero-order valence-corrected chi connectivity index (χ0v) is 12.1. The van der Waals surface area contributed by atoms with Crippen LogP contribution in [-0.2, 0) is 6.42 Å². The highest BCUT2D eigenvalue weighted by Gasteiger charge is 2.12. The van der Waals surface area contributed by atoms with Gasteiger partial charge in [0.25, 0.3) is 0 Å². The molecule has 3 N–H and O–H groups in total. The average Bonchev–Trinajstić information content (AvgIpc) is 3.10. The van der Waals surface area contributed by atoms with E-state index in [1.54, 1.807) is 18.4 Å². The number of carbonyl (C=O) groups excluding carboxylic acids is 1. The van der Waals surface area contributed by atoms with E-state index < -0.39 is 5.97 Å². The maximum atomic E-state index is 11.7. The lowest BCUT2D eigenvalue weighted by molar-refractivity contribution is 0.0691. The SMILES string of the molecule is CC(NC(=O)NCCc1nc(C(=O)O)cs1)c1ccco1. The van der Waals surface area contributed by atoms with Crippen molar-refractivity contribution in [1.82, 2.24) is 15.6 Å². The van der Waals surface area contributed by atoms with Crippen LogP contribution in [0.4, 0.5) is 4.79 Å². The van der Waals surface area contributed by atoms with Gasteiger partial charge in [0, 0.05) is 18.3 Å². The maximum Gasteiger partial charge on any atom is 0.355 e. The van der Waals surface area contributed by atoms with Gasteiger partial charge in [-0.1, -0.05) is 0 Å². The topological polar surface area (TPSA) is 104 Å². The molecule has 0 saturated carbocycles. The number of carboxylic acid groups (broad SMARTS) is 1. The van der Waals surface area contributed by atoms with Crippen LogP contribution < -0.4 is 10.6 Å². The molecule has 0 aliphatic rings. The van der Waals surface area contributed by atoms with Gasteiger partial charge in [0.05, 0.1) is 17.3 Å². The fourth-order valence-electron chi connectivity index (χ4n) is 1.66. The predicted molar refractivity (Wildman–Crippen MR) is 76.4 cm³/mol. The summed E-state index contributed by atoms with van der Waals surface area (Å²) in [4.78, 5) is 26.3. The van der Waals surface area contributed by atoms with Crippen molar-refractivity contribution in [2.75, 3.05) is 6.54 Å². The van der Waals surface area contributed by atoms with Gasteiger partial charge in [-0.25, -0.2) is 14.6 Å². The third-order valence-electron chi connectivity index (χ3n) is 2.71. The lowest BCUT2D eigenvalue weighted by atomic mass is 10.2. The number of furan rings is 1. The van der Waals surface area contributed by atoms with Gasteiger partial charge in [0.2, 0.25) is 0 Å². The zero-order chi connectivity index (χ0) is 15.2. The largest absolute Gasteiger partial charge is 0.476 e. The number of aromatic nitrogens is 1. The fraction of sp³-hybridized carbons (Fsp3) is 0.308. The van der Waals surface area contributed by atoms with E-state index in [0.29, 0.717) is 23.7 Å². The standard InChI is InChI=1S/C13H15N3O4S/c1-8(10-3-2-6-20-10)15-13(19)14-5-4-11-16-9(7-21-11)12(17)18/h2-3,6-8H,4-5H2,1H3,(H,17,18)(H2,14,15,19). The second-order valence-corrected chi connectivity index (χ2v) is 5.26. The molecule has 8 heteroatoms. The molecule has 2 heterocycles. The van der Waals surface area contributed by atoms with Crippen molar-refractivity contribution >= 4 is 23.3 Å². The number of urea groups is 1. The molecule has 2 amide bonds. The van der Waals surface area contributed by atoms with Gasteiger partial charge < -0.3 is 20.2 Å². The third kappa shape index (κ3) is 4.32. The monoisotopic (exact) mass is 309 g/mol. The average molecular weight is 309 g/mol. The molecule has 1 atom stereocenters. The van der Waals surface area contributed by atoms with Crippen LogP contribution in [-0.4, -0.2) is 28.6 Å². The lowest BCUT2D eigenvalue weighted by Gasteiger charge is -2.12. The smallest absolute Gasteiger partial charge is 0.355 e. The first-order valence-electron chi connectivity index (χ1n) is 6.31. The summed E-state index contributed by atoms with van der Waals surface area (Å²) in [7, 11) is 0. The van der Waals surface area contributed by atoms with Crippen molar-refractivity contribution in [3.8, 4) is 0 Å². The fourth-order valence-corrected chi connectivity index (χ4v) is 2.44. The molecule has 0 radical (unpaired) electrons. The number of thiazole rings is 1. The van der Waals surface area contributed by atoms with E-state index in [9.17, 15) is 9.59 Å². The summed E-state index contributed by atoms with van der Waals surface area (Å²) in [5.41, 5.74) is 0.0332.